The molecule has 1 spiro atoms. The van der Waals surface area contributed by atoms with Gasteiger partial charge in [-0.05, 0) is 79.9 Å². The first-order chi connectivity index (χ1) is 17.8. The minimum atomic E-state index is -1.29. The number of carbonyl (C=O) groups excluding carboxylic acids is 3. The van der Waals surface area contributed by atoms with Gasteiger partial charge < -0.3 is 20.5 Å². The number of nitrogens with one attached hydrogen (secondary N) is 3. The summed E-state index contributed by atoms with van der Waals surface area (Å²) in [5, 5.41) is 19.4. The smallest absolute Gasteiger partial charge is 0.338 e. The highest BCUT2D eigenvalue weighted by Gasteiger charge is 2.60. The number of halogens is 1. The number of aromatic hydroxyl groups is 1. The minimum Gasteiger partial charge on any atom is -0.508 e. The number of hydrogen-bond donors (Lipinski definition) is 4. The Labute approximate surface area is 219 Å². The third kappa shape index (κ3) is 4.65. The van der Waals surface area contributed by atoms with Crippen LogP contribution >= 0.6 is 11.6 Å². The van der Waals surface area contributed by atoms with Crippen molar-refractivity contribution in [2.24, 2.45) is 5.92 Å². The maximum Gasteiger partial charge on any atom is 0.338 e. The van der Waals surface area contributed by atoms with Gasteiger partial charge in [-0.15, -0.1) is 0 Å². The lowest BCUT2D eigenvalue weighted by molar-refractivity contribution is -0.130. The van der Waals surface area contributed by atoms with Crippen molar-refractivity contribution in [1.82, 2.24) is 5.32 Å². The van der Waals surface area contributed by atoms with Crippen LogP contribution in [0.15, 0.2) is 66.7 Å². The molecule has 2 heterocycles. The lowest BCUT2D eigenvalue weighted by atomic mass is 9.79. The average Bonchev–Trinajstić information content (AvgIpc) is 3.39. The van der Waals surface area contributed by atoms with E-state index in [0.29, 0.717) is 40.4 Å². The molecule has 0 aliphatic carbocycles. The van der Waals surface area contributed by atoms with E-state index in [-0.39, 0.29) is 30.2 Å². The van der Waals surface area contributed by atoms with Gasteiger partial charge >= 0.3 is 5.97 Å². The van der Waals surface area contributed by atoms with E-state index in [4.69, 9.17) is 16.3 Å². The van der Waals surface area contributed by atoms with Crippen molar-refractivity contribution >= 4 is 40.8 Å². The lowest BCUT2D eigenvalue weighted by Crippen LogP contribution is -2.52. The van der Waals surface area contributed by atoms with E-state index in [1.807, 2.05) is 12.1 Å². The summed E-state index contributed by atoms with van der Waals surface area (Å²) in [5.41, 5.74) is 1.80. The van der Waals surface area contributed by atoms with Crippen LogP contribution in [-0.4, -0.2) is 35.5 Å². The summed E-state index contributed by atoms with van der Waals surface area (Å²) < 4.78 is 5.01. The Hall–Kier alpha value is -3.88. The van der Waals surface area contributed by atoms with Crippen molar-refractivity contribution < 1.29 is 24.2 Å². The van der Waals surface area contributed by atoms with Crippen LogP contribution in [-0.2, 0) is 26.3 Å². The van der Waals surface area contributed by atoms with Crippen LogP contribution in [0, 0.1) is 5.92 Å². The second-order valence-corrected chi connectivity index (χ2v) is 9.68. The van der Waals surface area contributed by atoms with Crippen LogP contribution in [0.5, 0.6) is 5.75 Å². The molecule has 2 aliphatic heterocycles. The van der Waals surface area contributed by atoms with Crippen molar-refractivity contribution in [3.05, 3.63) is 88.4 Å². The molecule has 0 radical (unpaired) electrons. The second-order valence-electron chi connectivity index (χ2n) is 9.24. The molecule has 0 saturated carbocycles. The standard InChI is InChI=1S/C28H26ClN3O5/c1-2-37-26(35)17-5-8-19(9-6-17)30-25(34)23-15-20(13-16-3-10-21(33)11-4-16)32-28(23)22-14-18(29)7-12-24(22)31-27(28)36/h3-12,14,20,23,32-33H,2,13,15H2,1H3,(H,30,34)(H,31,36)/t20-,23+,28-/m1/s1. The van der Waals surface area contributed by atoms with Crippen LogP contribution in [0.25, 0.3) is 0 Å². The van der Waals surface area contributed by atoms with E-state index >= 15 is 0 Å². The number of ether oxygens (including phenoxy) is 1. The van der Waals surface area contributed by atoms with Crippen LogP contribution in [0.2, 0.25) is 5.02 Å². The maximum atomic E-state index is 13.7. The molecule has 0 unspecified atom stereocenters. The van der Waals surface area contributed by atoms with Crippen molar-refractivity contribution in [2.45, 2.75) is 31.3 Å². The van der Waals surface area contributed by atoms with Crippen LogP contribution in [0.1, 0.15) is 34.8 Å². The van der Waals surface area contributed by atoms with Crippen molar-refractivity contribution in [2.75, 3.05) is 17.2 Å². The first-order valence-corrected chi connectivity index (χ1v) is 12.4. The van der Waals surface area contributed by atoms with E-state index in [1.165, 1.54) is 0 Å². The Kier molecular flexibility index (Phi) is 6.62. The number of esters is 1. The van der Waals surface area contributed by atoms with Gasteiger partial charge in [0.15, 0.2) is 0 Å². The molecule has 3 aromatic carbocycles. The molecule has 0 bridgehead atoms. The SMILES string of the molecule is CCOC(=O)c1ccc(NC(=O)[C@@H]2C[C@@H](Cc3ccc(O)cc3)N[C@@]23C(=O)Nc2ccc(Cl)cc23)cc1. The summed E-state index contributed by atoms with van der Waals surface area (Å²) in [4.78, 5) is 39.1. The lowest BCUT2D eigenvalue weighted by Gasteiger charge is -2.29. The molecule has 37 heavy (non-hydrogen) atoms. The number of rotatable bonds is 6. The molecule has 3 aromatic rings. The van der Waals surface area contributed by atoms with Gasteiger partial charge in [-0.3, -0.25) is 14.9 Å². The summed E-state index contributed by atoms with van der Waals surface area (Å²) in [7, 11) is 0. The summed E-state index contributed by atoms with van der Waals surface area (Å²) in [5.74, 6) is -1.64. The molecule has 4 N–H and O–H groups in total. The predicted octanol–water partition coefficient (Wildman–Crippen LogP) is 4.23. The number of carbonyl (C=O) groups is 3. The molecule has 2 amide bonds. The zero-order chi connectivity index (χ0) is 26.2. The quantitative estimate of drug-likeness (QED) is 0.362. The summed E-state index contributed by atoms with van der Waals surface area (Å²) in [6.45, 7) is 2.00. The second kappa shape index (κ2) is 9.88. The highest BCUT2D eigenvalue weighted by atomic mass is 35.5. The molecular formula is C28H26ClN3O5. The highest BCUT2D eigenvalue weighted by molar-refractivity contribution is 6.31. The fourth-order valence-electron chi connectivity index (χ4n) is 5.22. The number of benzene rings is 3. The van der Waals surface area contributed by atoms with Crippen LogP contribution in [0.3, 0.4) is 0 Å². The molecule has 1 fully saturated rings. The minimum absolute atomic E-state index is 0.171. The van der Waals surface area contributed by atoms with Crippen molar-refractivity contribution in [1.29, 1.82) is 0 Å². The topological polar surface area (TPSA) is 117 Å². The van der Waals surface area contributed by atoms with Gasteiger partial charge in [0.25, 0.3) is 0 Å². The largest absolute Gasteiger partial charge is 0.508 e. The van der Waals surface area contributed by atoms with Gasteiger partial charge in [-0.2, -0.15) is 0 Å². The first kappa shape index (κ1) is 24.8. The molecule has 2 aliphatic rings. The summed E-state index contributed by atoms with van der Waals surface area (Å²) in [6, 6.07) is 18.3. The Morgan fingerprint density at radius 1 is 1.11 bits per heavy atom. The van der Waals surface area contributed by atoms with Gasteiger partial charge in [0.2, 0.25) is 11.8 Å². The summed E-state index contributed by atoms with van der Waals surface area (Å²) >= 11 is 6.30. The van der Waals surface area contributed by atoms with Crippen molar-refractivity contribution in [3.8, 4) is 5.75 Å². The molecule has 0 aromatic heterocycles. The highest BCUT2D eigenvalue weighted by Crippen LogP contribution is 2.48. The Balaban J connectivity index is 1.44. The van der Waals surface area contributed by atoms with Gasteiger partial charge in [0, 0.05) is 28.0 Å². The Morgan fingerprint density at radius 2 is 1.84 bits per heavy atom. The third-order valence-corrected chi connectivity index (χ3v) is 7.12. The molecule has 190 valence electrons. The molecule has 1 saturated heterocycles. The third-order valence-electron chi connectivity index (χ3n) is 6.89. The Morgan fingerprint density at radius 3 is 2.54 bits per heavy atom. The fourth-order valence-corrected chi connectivity index (χ4v) is 5.39. The number of phenols is 1. The number of fused-ring (bicyclic) bond motifs is 2. The maximum absolute atomic E-state index is 13.7. The first-order valence-electron chi connectivity index (χ1n) is 12.0. The van der Waals surface area contributed by atoms with Crippen LogP contribution < -0.4 is 16.0 Å². The van der Waals surface area contributed by atoms with E-state index in [0.717, 1.165) is 5.56 Å². The predicted molar refractivity (Wildman–Crippen MR) is 140 cm³/mol. The Bertz CT molecular complexity index is 1360. The molecule has 9 heteroatoms. The van der Waals surface area contributed by atoms with E-state index in [9.17, 15) is 19.5 Å². The van der Waals surface area contributed by atoms with E-state index < -0.39 is 17.4 Å². The van der Waals surface area contributed by atoms with Crippen molar-refractivity contribution in [3.63, 3.8) is 0 Å². The molecular weight excluding hydrogens is 494 g/mol. The zero-order valence-electron chi connectivity index (χ0n) is 20.1. The number of anilines is 2. The van der Waals surface area contributed by atoms with Crippen LogP contribution in [0.4, 0.5) is 11.4 Å². The number of phenolic OH excluding ortho intramolecular Hbond substituents is 1. The van der Waals surface area contributed by atoms with Gasteiger partial charge in [0.05, 0.1) is 18.1 Å². The molecule has 5 rings (SSSR count). The van der Waals surface area contributed by atoms with Gasteiger partial charge in [-0.25, -0.2) is 4.79 Å². The molecule has 3 atom stereocenters. The summed E-state index contributed by atoms with van der Waals surface area (Å²) in [6.07, 6.45) is 0.955. The number of amides is 2. The van der Waals surface area contributed by atoms with E-state index in [2.05, 4.69) is 16.0 Å². The normalized spacial score (nSPS) is 21.9. The van der Waals surface area contributed by atoms with Gasteiger partial charge in [0.1, 0.15) is 11.3 Å². The fraction of sp³-hybridized carbons (Fsp3) is 0.250. The van der Waals surface area contributed by atoms with Gasteiger partial charge in [-0.1, -0.05) is 23.7 Å². The average molecular weight is 520 g/mol. The van der Waals surface area contributed by atoms with E-state index in [1.54, 1.807) is 61.5 Å². The monoisotopic (exact) mass is 519 g/mol. The molecule has 8 nitrogen and oxygen atoms in total. The number of hydrogen-bond acceptors (Lipinski definition) is 6. The zero-order valence-corrected chi connectivity index (χ0v) is 20.8.